The van der Waals surface area contributed by atoms with E-state index in [9.17, 15) is 29.1 Å². The average Bonchev–Trinajstić information content (AvgIpc) is 2.84. The van der Waals surface area contributed by atoms with Gasteiger partial charge in [-0.1, -0.05) is 39.7 Å². The number of carbonyl (C=O) groups is 5. The molecule has 1 saturated heterocycles. The molecule has 2 rings (SSSR count). The monoisotopic (exact) mass is 519 g/mol. The number of amides is 3. The standard InChI is InChI=1S/C26H37N3O8/c1-6-7-9-17-21(28-20(31)12-14(2)3)15(4)37-26(35)22(16(5)36-25(17)34)29-24(33)18-10-8-11-19(23(18)32)27-13-30/h8,10-11,13-17,21-22,32H,6-7,9,12H2,1-5H3,(H,27,30)(H,28,31)(H,29,33). The Bertz CT molecular complexity index is 996. The van der Waals surface area contributed by atoms with Gasteiger partial charge in [-0.25, -0.2) is 4.79 Å². The number of hydrogen-bond acceptors (Lipinski definition) is 8. The molecule has 11 heteroatoms. The van der Waals surface area contributed by atoms with Crippen LogP contribution in [-0.2, 0) is 28.7 Å². The van der Waals surface area contributed by atoms with Gasteiger partial charge in [-0.2, -0.15) is 0 Å². The lowest BCUT2D eigenvalue weighted by Gasteiger charge is -2.30. The van der Waals surface area contributed by atoms with Crippen LogP contribution < -0.4 is 16.0 Å². The summed E-state index contributed by atoms with van der Waals surface area (Å²) in [6.07, 6.45) is 0.498. The molecule has 1 aromatic rings. The van der Waals surface area contributed by atoms with Gasteiger partial charge >= 0.3 is 11.9 Å². The molecule has 4 N–H and O–H groups in total. The molecule has 0 aromatic heterocycles. The molecular weight excluding hydrogens is 482 g/mol. The lowest BCUT2D eigenvalue weighted by atomic mass is 9.90. The number of rotatable bonds is 10. The Hall–Kier alpha value is -3.63. The first-order valence-corrected chi connectivity index (χ1v) is 12.5. The molecule has 204 valence electrons. The van der Waals surface area contributed by atoms with Crippen LogP contribution in [0.2, 0.25) is 0 Å². The van der Waals surface area contributed by atoms with Crippen molar-refractivity contribution in [3.63, 3.8) is 0 Å². The molecule has 5 unspecified atom stereocenters. The van der Waals surface area contributed by atoms with Crippen molar-refractivity contribution in [2.75, 3.05) is 5.32 Å². The first kappa shape index (κ1) is 29.6. The molecule has 1 fully saturated rings. The predicted molar refractivity (Wildman–Crippen MR) is 135 cm³/mol. The number of benzene rings is 1. The first-order valence-electron chi connectivity index (χ1n) is 12.5. The normalized spacial score (nSPS) is 24.1. The maximum atomic E-state index is 13.2. The highest BCUT2D eigenvalue weighted by Crippen LogP contribution is 2.28. The van der Waals surface area contributed by atoms with Crippen molar-refractivity contribution in [1.29, 1.82) is 0 Å². The summed E-state index contributed by atoms with van der Waals surface area (Å²) in [6, 6.07) is 1.94. The summed E-state index contributed by atoms with van der Waals surface area (Å²) >= 11 is 0. The van der Waals surface area contributed by atoms with Gasteiger partial charge in [0.2, 0.25) is 12.3 Å². The Morgan fingerprint density at radius 3 is 2.38 bits per heavy atom. The molecular formula is C26H37N3O8. The molecule has 0 spiro atoms. The van der Waals surface area contributed by atoms with E-state index in [2.05, 4.69) is 16.0 Å². The highest BCUT2D eigenvalue weighted by molar-refractivity contribution is 6.01. The minimum absolute atomic E-state index is 0.00605. The van der Waals surface area contributed by atoms with Crippen molar-refractivity contribution >= 4 is 35.9 Å². The minimum atomic E-state index is -1.39. The van der Waals surface area contributed by atoms with Gasteiger partial charge < -0.3 is 30.5 Å². The number of unbranched alkanes of at least 4 members (excludes halogenated alkanes) is 1. The maximum absolute atomic E-state index is 13.2. The molecule has 3 amide bonds. The third-order valence-electron chi connectivity index (χ3n) is 6.14. The molecule has 37 heavy (non-hydrogen) atoms. The van der Waals surface area contributed by atoms with E-state index in [1.54, 1.807) is 6.92 Å². The lowest BCUT2D eigenvalue weighted by molar-refractivity contribution is -0.157. The number of phenols is 1. The summed E-state index contributed by atoms with van der Waals surface area (Å²) in [7, 11) is 0. The van der Waals surface area contributed by atoms with E-state index in [1.807, 2.05) is 20.8 Å². The van der Waals surface area contributed by atoms with Crippen LogP contribution in [-0.4, -0.2) is 59.6 Å². The van der Waals surface area contributed by atoms with Crippen LogP contribution in [0, 0.1) is 11.8 Å². The molecule has 1 aromatic carbocycles. The third kappa shape index (κ3) is 7.93. The van der Waals surface area contributed by atoms with Crippen molar-refractivity contribution in [2.24, 2.45) is 11.8 Å². The van der Waals surface area contributed by atoms with Crippen molar-refractivity contribution in [1.82, 2.24) is 10.6 Å². The fourth-order valence-electron chi connectivity index (χ4n) is 4.19. The smallest absolute Gasteiger partial charge is 0.332 e. The number of esters is 2. The van der Waals surface area contributed by atoms with Gasteiger partial charge in [0.1, 0.15) is 12.2 Å². The number of anilines is 1. The van der Waals surface area contributed by atoms with Crippen molar-refractivity contribution in [3.05, 3.63) is 23.8 Å². The lowest BCUT2D eigenvalue weighted by Crippen LogP contribution is -2.52. The van der Waals surface area contributed by atoms with Gasteiger partial charge in [-0.3, -0.25) is 19.2 Å². The number of ether oxygens (including phenoxy) is 2. The molecule has 1 heterocycles. The zero-order valence-corrected chi connectivity index (χ0v) is 21.9. The van der Waals surface area contributed by atoms with Gasteiger partial charge in [0.15, 0.2) is 11.8 Å². The van der Waals surface area contributed by atoms with E-state index in [4.69, 9.17) is 9.47 Å². The van der Waals surface area contributed by atoms with E-state index >= 15 is 0 Å². The second-order valence-corrected chi connectivity index (χ2v) is 9.64. The summed E-state index contributed by atoms with van der Waals surface area (Å²) in [4.78, 5) is 62.7. The van der Waals surface area contributed by atoms with E-state index in [0.717, 1.165) is 6.42 Å². The Balaban J connectivity index is 2.34. The number of cyclic esters (lactones) is 2. The predicted octanol–water partition coefficient (Wildman–Crippen LogP) is 2.27. The van der Waals surface area contributed by atoms with Gasteiger partial charge in [0, 0.05) is 6.42 Å². The van der Waals surface area contributed by atoms with Gasteiger partial charge in [-0.15, -0.1) is 0 Å². The number of carbonyl (C=O) groups excluding carboxylic acids is 5. The highest BCUT2D eigenvalue weighted by atomic mass is 16.6. The zero-order chi connectivity index (χ0) is 27.7. The van der Waals surface area contributed by atoms with E-state index in [0.29, 0.717) is 19.3 Å². The zero-order valence-electron chi connectivity index (χ0n) is 21.9. The Labute approximate surface area is 216 Å². The molecule has 1 aliphatic rings. The number of phenolic OH excluding ortho intramolecular Hbond substituents is 1. The van der Waals surface area contributed by atoms with E-state index in [-0.39, 0.29) is 29.5 Å². The fraction of sp³-hybridized carbons (Fsp3) is 0.577. The fourth-order valence-corrected chi connectivity index (χ4v) is 4.19. The molecule has 11 nitrogen and oxygen atoms in total. The van der Waals surface area contributed by atoms with Gasteiger partial charge in [-0.05, 0) is 38.3 Å². The second kappa shape index (κ2) is 13.6. The molecule has 0 bridgehead atoms. The molecule has 0 aliphatic carbocycles. The van der Waals surface area contributed by atoms with Crippen molar-refractivity contribution in [3.8, 4) is 5.75 Å². The number of hydrogen-bond donors (Lipinski definition) is 4. The Kier molecular flexibility index (Phi) is 10.9. The topological polar surface area (TPSA) is 160 Å². The Morgan fingerprint density at radius 2 is 1.76 bits per heavy atom. The maximum Gasteiger partial charge on any atom is 0.332 e. The molecule has 5 atom stereocenters. The van der Waals surface area contributed by atoms with Crippen LogP contribution in [0.25, 0.3) is 0 Å². The minimum Gasteiger partial charge on any atom is -0.505 e. The van der Waals surface area contributed by atoms with Gasteiger partial charge in [0.25, 0.3) is 5.91 Å². The summed E-state index contributed by atoms with van der Waals surface area (Å²) < 4.78 is 11.2. The molecule has 0 saturated carbocycles. The van der Waals surface area contributed by atoms with Gasteiger partial charge in [0.05, 0.1) is 23.2 Å². The molecule has 1 aliphatic heterocycles. The van der Waals surface area contributed by atoms with E-state index < -0.39 is 53.8 Å². The van der Waals surface area contributed by atoms with Crippen LogP contribution in [0.15, 0.2) is 18.2 Å². The Morgan fingerprint density at radius 1 is 1.08 bits per heavy atom. The van der Waals surface area contributed by atoms with Crippen LogP contribution in [0.3, 0.4) is 0 Å². The number of aromatic hydroxyl groups is 1. The van der Waals surface area contributed by atoms with E-state index in [1.165, 1.54) is 25.1 Å². The SMILES string of the molecule is CCCCC1C(=O)OC(C)C(NC(=O)c2cccc(NC=O)c2O)C(=O)OC(C)C1NC(=O)CC(C)C. The molecule has 0 radical (unpaired) electrons. The highest BCUT2D eigenvalue weighted by Gasteiger charge is 2.42. The van der Waals surface area contributed by atoms with Crippen LogP contribution in [0.5, 0.6) is 5.75 Å². The van der Waals surface area contributed by atoms with Crippen molar-refractivity contribution < 1.29 is 38.6 Å². The van der Waals surface area contributed by atoms with Crippen LogP contribution in [0.4, 0.5) is 5.69 Å². The first-order chi connectivity index (χ1) is 17.5. The number of nitrogens with one attached hydrogen (secondary N) is 3. The van der Waals surface area contributed by atoms with Crippen molar-refractivity contribution in [2.45, 2.75) is 84.6 Å². The average molecular weight is 520 g/mol. The second-order valence-electron chi connectivity index (χ2n) is 9.64. The quantitative estimate of drug-likeness (QED) is 0.208. The summed E-state index contributed by atoms with van der Waals surface area (Å²) in [5, 5.41) is 18.0. The van der Waals surface area contributed by atoms with Crippen LogP contribution >= 0.6 is 0 Å². The summed E-state index contributed by atoms with van der Waals surface area (Å²) in [5.74, 6) is -3.74. The third-order valence-corrected chi connectivity index (χ3v) is 6.14. The summed E-state index contributed by atoms with van der Waals surface area (Å²) in [5.41, 5.74) is -0.197. The number of para-hydroxylation sites is 1. The largest absolute Gasteiger partial charge is 0.505 e. The van der Waals surface area contributed by atoms with Crippen LogP contribution in [0.1, 0.15) is 70.7 Å². The summed E-state index contributed by atoms with van der Waals surface area (Å²) in [6.45, 7) is 8.80.